The third-order valence-corrected chi connectivity index (χ3v) is 2.01. The van der Waals surface area contributed by atoms with Gasteiger partial charge in [-0.2, -0.15) is 0 Å². The van der Waals surface area contributed by atoms with Crippen molar-refractivity contribution in [2.75, 3.05) is 7.11 Å². The molecule has 1 aromatic rings. The van der Waals surface area contributed by atoms with E-state index in [2.05, 4.69) is 9.84 Å². The lowest BCUT2D eigenvalue weighted by atomic mass is 10.1. The molecule has 0 aliphatic carbocycles. The topological polar surface area (TPSA) is 64.1 Å². The summed E-state index contributed by atoms with van der Waals surface area (Å²) < 4.78 is 6.01. The van der Waals surface area contributed by atoms with Crippen molar-refractivity contribution in [3.8, 4) is 0 Å². The fourth-order valence-electron chi connectivity index (χ4n) is 1.26. The van der Waals surface area contributed by atoms with Crippen LogP contribution in [0.15, 0.2) is 10.9 Å². The molecule has 0 bridgehead atoms. The predicted molar refractivity (Wildman–Crippen MR) is 55.8 cm³/mol. The predicted octanol–water partition coefficient (Wildman–Crippen LogP) is 0.647. The maximum absolute atomic E-state index is 11.5. The van der Waals surface area contributed by atoms with E-state index in [1.807, 2.05) is 20.8 Å². The van der Waals surface area contributed by atoms with Crippen molar-refractivity contribution < 1.29 is 9.53 Å². The van der Waals surface area contributed by atoms with E-state index < -0.39 is 0 Å². The van der Waals surface area contributed by atoms with Crippen molar-refractivity contribution >= 4 is 5.97 Å². The maximum atomic E-state index is 11.5. The monoisotopic (exact) mass is 212 g/mol. The summed E-state index contributed by atoms with van der Waals surface area (Å²) in [5.41, 5.74) is 0.119. The fraction of sp³-hybridized carbons (Fsp3) is 0.600. The first-order chi connectivity index (χ1) is 6.84. The zero-order chi connectivity index (χ0) is 11.6. The number of nitrogens with zero attached hydrogens (tertiary/aromatic N) is 1. The number of hydrogen-bond donors (Lipinski definition) is 1. The minimum atomic E-state index is -0.364. The molecule has 84 valence electrons. The molecule has 0 radical (unpaired) electrons. The van der Waals surface area contributed by atoms with Gasteiger partial charge >= 0.3 is 5.97 Å². The third kappa shape index (κ3) is 2.71. The highest BCUT2D eigenvalue weighted by Gasteiger charge is 2.17. The van der Waals surface area contributed by atoms with E-state index >= 15 is 0 Å². The Hall–Kier alpha value is -1.52. The summed E-state index contributed by atoms with van der Waals surface area (Å²) in [5.74, 6) is -0.364. The average Bonchev–Trinajstić information content (AvgIpc) is 2.45. The van der Waals surface area contributed by atoms with Crippen molar-refractivity contribution in [3.05, 3.63) is 22.1 Å². The fourth-order valence-corrected chi connectivity index (χ4v) is 1.26. The summed E-state index contributed by atoms with van der Waals surface area (Å²) >= 11 is 0. The molecule has 0 saturated carbocycles. The number of ether oxygens (including phenoxy) is 1. The van der Waals surface area contributed by atoms with Crippen LogP contribution in [-0.2, 0) is 21.5 Å². The molecule has 15 heavy (non-hydrogen) atoms. The Kier molecular flexibility index (Phi) is 3.02. The lowest BCUT2D eigenvalue weighted by Gasteiger charge is -2.19. The van der Waals surface area contributed by atoms with Gasteiger partial charge in [0.2, 0.25) is 0 Å². The molecule has 0 aliphatic rings. The van der Waals surface area contributed by atoms with Gasteiger partial charge in [-0.1, -0.05) is 0 Å². The molecule has 1 N–H and O–H groups in total. The van der Waals surface area contributed by atoms with Crippen molar-refractivity contribution in [1.82, 2.24) is 9.78 Å². The molecule has 0 unspecified atom stereocenters. The van der Waals surface area contributed by atoms with Crippen molar-refractivity contribution in [2.45, 2.75) is 32.7 Å². The van der Waals surface area contributed by atoms with Crippen LogP contribution in [0.3, 0.4) is 0 Å². The highest BCUT2D eigenvalue weighted by Crippen LogP contribution is 2.09. The zero-order valence-corrected chi connectivity index (χ0v) is 9.46. The number of hydrogen-bond acceptors (Lipinski definition) is 3. The molecule has 1 heterocycles. The SMILES string of the molecule is COC(=O)Cc1cc(=O)n(C(C)(C)C)[nH]1. The first-order valence-electron chi connectivity index (χ1n) is 4.73. The van der Waals surface area contributed by atoms with Crippen LogP contribution < -0.4 is 5.56 Å². The van der Waals surface area contributed by atoms with Crippen molar-refractivity contribution in [3.63, 3.8) is 0 Å². The number of aromatic nitrogens is 2. The van der Waals surface area contributed by atoms with E-state index in [9.17, 15) is 9.59 Å². The Labute approximate surface area is 88.0 Å². The Morgan fingerprint density at radius 2 is 2.13 bits per heavy atom. The number of H-pyrrole nitrogens is 1. The van der Waals surface area contributed by atoms with Gasteiger partial charge in [-0.25, -0.2) is 4.68 Å². The van der Waals surface area contributed by atoms with E-state index in [1.54, 1.807) is 0 Å². The Morgan fingerprint density at radius 1 is 1.53 bits per heavy atom. The van der Waals surface area contributed by atoms with Crippen LogP contribution in [0.5, 0.6) is 0 Å². The van der Waals surface area contributed by atoms with Gasteiger partial charge in [-0.3, -0.25) is 14.7 Å². The highest BCUT2D eigenvalue weighted by atomic mass is 16.5. The second-order valence-electron chi connectivity index (χ2n) is 4.38. The van der Waals surface area contributed by atoms with Gasteiger partial charge in [-0.15, -0.1) is 0 Å². The third-order valence-electron chi connectivity index (χ3n) is 2.01. The Balaban J connectivity index is 2.97. The number of nitrogens with one attached hydrogen (secondary N) is 1. The molecule has 0 fully saturated rings. The number of methoxy groups -OCH3 is 1. The molecule has 5 heteroatoms. The average molecular weight is 212 g/mol. The van der Waals surface area contributed by atoms with Gasteiger partial charge in [0.25, 0.3) is 5.56 Å². The molecule has 5 nitrogen and oxygen atoms in total. The molecule has 0 aromatic carbocycles. The summed E-state index contributed by atoms with van der Waals surface area (Å²) in [6.07, 6.45) is 0.0921. The van der Waals surface area contributed by atoms with Gasteiger partial charge in [0.15, 0.2) is 0 Å². The maximum Gasteiger partial charge on any atom is 0.311 e. The molecular weight excluding hydrogens is 196 g/mol. The highest BCUT2D eigenvalue weighted by molar-refractivity contribution is 5.71. The number of rotatable bonds is 2. The summed E-state index contributed by atoms with van der Waals surface area (Å²) in [5, 5.41) is 2.89. The molecule has 1 rings (SSSR count). The molecule has 0 amide bonds. The lowest BCUT2D eigenvalue weighted by Crippen LogP contribution is -2.32. The normalized spacial score (nSPS) is 11.5. The minimum Gasteiger partial charge on any atom is -0.469 e. The van der Waals surface area contributed by atoms with Gasteiger partial charge in [0, 0.05) is 11.8 Å². The Morgan fingerprint density at radius 3 is 2.53 bits per heavy atom. The van der Waals surface area contributed by atoms with E-state index in [4.69, 9.17) is 0 Å². The van der Waals surface area contributed by atoms with Crippen molar-refractivity contribution in [1.29, 1.82) is 0 Å². The van der Waals surface area contributed by atoms with E-state index in [0.29, 0.717) is 5.69 Å². The van der Waals surface area contributed by atoms with Crippen molar-refractivity contribution in [2.24, 2.45) is 0 Å². The van der Waals surface area contributed by atoms with Crippen LogP contribution in [0.2, 0.25) is 0 Å². The summed E-state index contributed by atoms with van der Waals surface area (Å²) in [4.78, 5) is 22.5. The summed E-state index contributed by atoms with van der Waals surface area (Å²) in [6, 6.07) is 1.42. The van der Waals surface area contributed by atoms with E-state index in [-0.39, 0.29) is 23.5 Å². The van der Waals surface area contributed by atoms with Crippen LogP contribution in [0.1, 0.15) is 26.5 Å². The smallest absolute Gasteiger partial charge is 0.311 e. The summed E-state index contributed by atoms with van der Waals surface area (Å²) in [6.45, 7) is 5.73. The van der Waals surface area contributed by atoms with Gasteiger partial charge < -0.3 is 4.74 Å². The number of carbonyl (C=O) groups excluding carboxylic acids is 1. The lowest BCUT2D eigenvalue weighted by molar-refractivity contribution is -0.139. The first-order valence-corrected chi connectivity index (χ1v) is 4.73. The van der Waals surface area contributed by atoms with Gasteiger partial charge in [0.1, 0.15) is 0 Å². The van der Waals surface area contributed by atoms with E-state index in [0.717, 1.165) is 0 Å². The largest absolute Gasteiger partial charge is 0.469 e. The quantitative estimate of drug-likeness (QED) is 0.732. The second-order valence-corrected chi connectivity index (χ2v) is 4.38. The van der Waals surface area contributed by atoms with Crippen LogP contribution >= 0.6 is 0 Å². The second kappa shape index (κ2) is 3.92. The molecule has 0 spiro atoms. The standard InChI is InChI=1S/C10H16N2O3/c1-10(2,3)12-8(13)5-7(11-12)6-9(14)15-4/h5,11H,6H2,1-4H3. The Bertz CT molecular complexity index is 409. The van der Waals surface area contributed by atoms with Crippen LogP contribution in [-0.4, -0.2) is 22.9 Å². The molecular formula is C10H16N2O3. The van der Waals surface area contributed by atoms with Crippen LogP contribution in [0, 0.1) is 0 Å². The molecule has 0 aliphatic heterocycles. The molecule has 0 atom stereocenters. The van der Waals surface area contributed by atoms with Gasteiger partial charge in [-0.05, 0) is 20.8 Å². The number of aromatic amines is 1. The van der Waals surface area contributed by atoms with E-state index in [1.165, 1.54) is 17.9 Å². The van der Waals surface area contributed by atoms with Gasteiger partial charge in [0.05, 0.1) is 19.1 Å². The summed E-state index contributed by atoms with van der Waals surface area (Å²) in [7, 11) is 1.32. The van der Waals surface area contributed by atoms with Crippen LogP contribution in [0.25, 0.3) is 0 Å². The minimum absolute atomic E-state index is 0.0921. The van der Waals surface area contributed by atoms with Crippen LogP contribution in [0.4, 0.5) is 0 Å². The molecule has 0 saturated heterocycles. The number of esters is 1. The molecule has 1 aromatic heterocycles. The zero-order valence-electron chi connectivity index (χ0n) is 9.46. The first kappa shape index (κ1) is 11.6. The number of carbonyl (C=O) groups is 1.